The molecule has 1 heterocycles. The summed E-state index contributed by atoms with van der Waals surface area (Å²) in [6.07, 6.45) is 2.14. The molecule has 16 heteroatoms. The Morgan fingerprint density at radius 3 is 2.23 bits per heavy atom. The van der Waals surface area contributed by atoms with Gasteiger partial charge >= 0.3 is 5.97 Å². The zero-order chi connectivity index (χ0) is 40.5. The Hall–Kier alpha value is -5.77. The summed E-state index contributed by atoms with van der Waals surface area (Å²) in [4.78, 5) is 44.0. The Morgan fingerprint density at radius 2 is 1.51 bits per heavy atom. The van der Waals surface area contributed by atoms with Gasteiger partial charge in [-0.2, -0.15) is 0 Å². The Morgan fingerprint density at radius 1 is 0.825 bits per heavy atom. The van der Waals surface area contributed by atoms with Gasteiger partial charge in [-0.05, 0) is 70.8 Å². The molecule has 16 nitrogen and oxygen atoms in total. The maximum absolute atomic E-state index is 12.9. The Balaban J connectivity index is 1.22. The molecule has 0 saturated heterocycles. The van der Waals surface area contributed by atoms with Crippen molar-refractivity contribution in [3.63, 3.8) is 0 Å². The first-order valence-corrected chi connectivity index (χ1v) is 18.8. The maximum atomic E-state index is 12.9. The first-order valence-electron chi connectivity index (χ1n) is 18.8. The van der Waals surface area contributed by atoms with Gasteiger partial charge in [-0.25, -0.2) is 4.98 Å². The van der Waals surface area contributed by atoms with E-state index in [1.165, 1.54) is 0 Å². The minimum absolute atomic E-state index is 0.216. The predicted molar refractivity (Wildman–Crippen MR) is 215 cm³/mol. The van der Waals surface area contributed by atoms with Crippen molar-refractivity contribution < 1.29 is 43.2 Å². The van der Waals surface area contributed by atoms with E-state index in [2.05, 4.69) is 31.0 Å². The molecule has 0 aliphatic heterocycles. The number of hydrogen-bond acceptors (Lipinski definition) is 11. The number of aryl methyl sites for hydroxylation is 1. The van der Waals surface area contributed by atoms with Crippen molar-refractivity contribution in [2.75, 3.05) is 84.4 Å². The molecule has 1 atom stereocenters. The van der Waals surface area contributed by atoms with Crippen molar-refractivity contribution in [1.29, 1.82) is 0 Å². The zero-order valence-corrected chi connectivity index (χ0v) is 32.2. The van der Waals surface area contributed by atoms with Crippen molar-refractivity contribution in [2.24, 2.45) is 5.11 Å². The topological polar surface area (TPSA) is 215 Å². The van der Waals surface area contributed by atoms with Crippen LogP contribution in [-0.4, -0.2) is 107 Å². The van der Waals surface area contributed by atoms with E-state index < -0.39 is 17.9 Å². The van der Waals surface area contributed by atoms with Crippen LogP contribution in [0.1, 0.15) is 36.4 Å². The quantitative estimate of drug-likeness (QED) is 0.0240. The molecule has 4 N–H and O–H groups in total. The molecule has 3 aromatic carbocycles. The lowest BCUT2D eigenvalue weighted by Gasteiger charge is -2.19. The third-order valence-electron chi connectivity index (χ3n) is 8.44. The van der Waals surface area contributed by atoms with Crippen LogP contribution in [0.15, 0.2) is 84.1 Å². The third-order valence-corrected chi connectivity index (χ3v) is 8.44. The van der Waals surface area contributed by atoms with Crippen LogP contribution in [0.4, 0.5) is 5.82 Å². The number of anilines is 1. The first kappa shape index (κ1) is 44.0. The SMILES string of the molecule is Cc1ccnc(NCCCC(=O)NCC(=O)N[C@@H](CC(=O)O)c2cccc(-c3cccc4c(OCCOCCOCCOCCOCCN=[N+]=[N-])cccc34)c2)c1. The minimum Gasteiger partial charge on any atom is -0.491 e. The average molecular weight is 786 g/mol. The van der Waals surface area contributed by atoms with E-state index >= 15 is 0 Å². The lowest BCUT2D eigenvalue weighted by atomic mass is 9.94. The van der Waals surface area contributed by atoms with E-state index in [0.717, 1.165) is 33.3 Å². The summed E-state index contributed by atoms with van der Waals surface area (Å²) in [6, 6.07) is 22.1. The smallest absolute Gasteiger partial charge is 0.305 e. The number of fused-ring (bicyclic) bond motifs is 1. The summed E-state index contributed by atoms with van der Waals surface area (Å²) in [5.74, 6) is -0.411. The Labute approximate surface area is 331 Å². The number of nitrogens with zero attached hydrogens (tertiary/aromatic N) is 4. The number of amides is 2. The number of carboxylic acid groups (broad SMARTS) is 1. The zero-order valence-electron chi connectivity index (χ0n) is 32.2. The summed E-state index contributed by atoms with van der Waals surface area (Å²) < 4.78 is 28.0. The van der Waals surface area contributed by atoms with Crippen molar-refractivity contribution in [3.8, 4) is 16.9 Å². The molecule has 2 amide bonds. The maximum Gasteiger partial charge on any atom is 0.305 e. The number of pyridine rings is 1. The number of carbonyl (C=O) groups is 3. The largest absolute Gasteiger partial charge is 0.491 e. The fourth-order valence-corrected chi connectivity index (χ4v) is 5.74. The molecule has 304 valence electrons. The molecule has 4 rings (SSSR count). The summed E-state index contributed by atoms with van der Waals surface area (Å²) in [6.45, 7) is 6.16. The highest BCUT2D eigenvalue weighted by Crippen LogP contribution is 2.35. The van der Waals surface area contributed by atoms with E-state index in [1.807, 2.05) is 73.7 Å². The molecule has 0 radical (unpaired) electrons. The number of hydrogen-bond donors (Lipinski definition) is 4. The van der Waals surface area contributed by atoms with E-state index in [9.17, 15) is 19.5 Å². The van der Waals surface area contributed by atoms with Gasteiger partial charge in [0.15, 0.2) is 0 Å². The van der Waals surface area contributed by atoms with E-state index in [4.69, 9.17) is 29.2 Å². The van der Waals surface area contributed by atoms with Gasteiger partial charge in [0.2, 0.25) is 11.8 Å². The van der Waals surface area contributed by atoms with Gasteiger partial charge in [-0.3, -0.25) is 14.4 Å². The standard InChI is InChI=1S/C41H51N7O9/c1-30-13-15-44-38(26-30)43-14-5-12-39(49)45-29-40(50)47-36(28-41(51)52)32-7-2-6-31(27-32)33-8-3-10-35-34(33)9-4-11-37(35)57-25-24-56-23-22-55-21-20-54-19-18-53-17-16-46-48-42/h2-4,6-11,13,15,26-27,36H,5,12,14,16-25,28-29H2,1H3,(H,43,44)(H,45,49)(H,47,50)(H,51,52)/t36-/m0/s1. The molecule has 0 aliphatic carbocycles. The van der Waals surface area contributed by atoms with E-state index in [-0.39, 0.29) is 25.3 Å². The van der Waals surface area contributed by atoms with Crippen LogP contribution in [-0.2, 0) is 33.3 Å². The molecule has 0 bridgehead atoms. The fourth-order valence-electron chi connectivity index (χ4n) is 5.74. The van der Waals surface area contributed by atoms with Gasteiger partial charge in [0.05, 0.1) is 71.9 Å². The fraction of sp³-hybridized carbons (Fsp3) is 0.415. The number of ether oxygens (including phenoxy) is 5. The number of carboxylic acids is 1. The molecule has 0 unspecified atom stereocenters. The molecule has 0 saturated carbocycles. The highest BCUT2D eigenvalue weighted by molar-refractivity contribution is 6.00. The van der Waals surface area contributed by atoms with Crippen LogP contribution in [0.3, 0.4) is 0 Å². The van der Waals surface area contributed by atoms with Crippen LogP contribution in [0.25, 0.3) is 32.3 Å². The molecule has 0 fully saturated rings. The van der Waals surface area contributed by atoms with Gasteiger partial charge in [-0.15, -0.1) is 0 Å². The average Bonchev–Trinajstić information content (AvgIpc) is 3.21. The molecule has 1 aromatic heterocycles. The highest BCUT2D eigenvalue weighted by Gasteiger charge is 2.20. The van der Waals surface area contributed by atoms with Crippen LogP contribution in [0, 0.1) is 6.92 Å². The summed E-state index contributed by atoms with van der Waals surface area (Å²) in [5.41, 5.74) is 11.7. The summed E-state index contributed by atoms with van der Waals surface area (Å²) in [5, 5.41) is 23.5. The number of carbonyl (C=O) groups excluding carboxylic acids is 2. The molecular formula is C41H51N7O9. The van der Waals surface area contributed by atoms with Crippen LogP contribution >= 0.6 is 0 Å². The summed E-state index contributed by atoms with van der Waals surface area (Å²) >= 11 is 0. The monoisotopic (exact) mass is 785 g/mol. The Kier molecular flexibility index (Phi) is 19.6. The van der Waals surface area contributed by atoms with E-state index in [1.54, 1.807) is 12.3 Å². The second-order valence-electron chi connectivity index (χ2n) is 12.8. The van der Waals surface area contributed by atoms with E-state index in [0.29, 0.717) is 90.3 Å². The number of benzene rings is 3. The molecule has 0 aliphatic rings. The third kappa shape index (κ3) is 16.5. The number of aliphatic carboxylic acids is 1. The lowest BCUT2D eigenvalue weighted by molar-refractivity contribution is -0.138. The van der Waals surface area contributed by atoms with Gasteiger partial charge in [0, 0.05) is 36.0 Å². The van der Waals surface area contributed by atoms with Gasteiger partial charge in [0.1, 0.15) is 18.2 Å². The second-order valence-corrected chi connectivity index (χ2v) is 12.8. The van der Waals surface area contributed by atoms with Gasteiger partial charge < -0.3 is 44.7 Å². The van der Waals surface area contributed by atoms with Crippen molar-refractivity contribution in [2.45, 2.75) is 32.2 Å². The molecule has 57 heavy (non-hydrogen) atoms. The molecule has 0 spiro atoms. The van der Waals surface area contributed by atoms with Crippen molar-refractivity contribution in [3.05, 3.63) is 101 Å². The number of rotatable bonds is 28. The van der Waals surface area contributed by atoms with Crippen LogP contribution in [0.2, 0.25) is 0 Å². The lowest BCUT2D eigenvalue weighted by Crippen LogP contribution is -2.39. The normalized spacial score (nSPS) is 11.4. The summed E-state index contributed by atoms with van der Waals surface area (Å²) in [7, 11) is 0. The first-order chi connectivity index (χ1) is 27.8. The number of nitrogens with one attached hydrogen (secondary N) is 3. The molecular weight excluding hydrogens is 734 g/mol. The number of aromatic nitrogens is 1. The van der Waals surface area contributed by atoms with Crippen LogP contribution < -0.4 is 20.7 Å². The van der Waals surface area contributed by atoms with Crippen molar-refractivity contribution in [1.82, 2.24) is 15.6 Å². The second kappa shape index (κ2) is 25.4. The highest BCUT2D eigenvalue weighted by atomic mass is 16.6. The number of azide groups is 1. The van der Waals surface area contributed by atoms with Gasteiger partial charge in [0.25, 0.3) is 0 Å². The van der Waals surface area contributed by atoms with Crippen LogP contribution in [0.5, 0.6) is 5.75 Å². The Bertz CT molecular complexity index is 1920. The van der Waals surface area contributed by atoms with Gasteiger partial charge in [-0.1, -0.05) is 53.6 Å². The minimum atomic E-state index is -1.07. The molecule has 4 aromatic rings. The van der Waals surface area contributed by atoms with Crippen molar-refractivity contribution >= 4 is 34.4 Å². The predicted octanol–water partition coefficient (Wildman–Crippen LogP) is 5.61.